The molecule has 0 spiro atoms. The molecule has 37 heavy (non-hydrogen) atoms. The van der Waals surface area contributed by atoms with Crippen molar-refractivity contribution in [2.75, 3.05) is 6.54 Å². The van der Waals surface area contributed by atoms with Gasteiger partial charge in [-0.25, -0.2) is 4.68 Å². The number of aromatic nitrogens is 3. The summed E-state index contributed by atoms with van der Waals surface area (Å²) < 4.78 is 44.4. The molecule has 0 fully saturated rings. The Hall–Kier alpha value is -4.03. The molecule has 2 N–H and O–H groups in total. The molecule has 2 amide bonds. The highest BCUT2D eigenvalue weighted by molar-refractivity contribution is 7.07. The van der Waals surface area contributed by atoms with Gasteiger partial charge in [-0.2, -0.15) is 24.5 Å². The maximum Gasteiger partial charge on any atom is 0.405 e. The lowest BCUT2D eigenvalue weighted by atomic mass is 10.2. The van der Waals surface area contributed by atoms with Gasteiger partial charge < -0.3 is 15.4 Å². The molecule has 2 aromatic carbocycles. The normalized spacial score (nSPS) is 11.3. The Morgan fingerprint density at radius 3 is 2.35 bits per heavy atom. The van der Waals surface area contributed by atoms with Crippen LogP contribution in [0.15, 0.2) is 71.4 Å². The molecule has 4 aromatic rings. The van der Waals surface area contributed by atoms with Gasteiger partial charge in [0.25, 0.3) is 11.8 Å². The largest absolute Gasteiger partial charge is 0.405 e. The number of nitrogens with one attached hydrogen (secondary N) is 2. The Morgan fingerprint density at radius 1 is 0.919 bits per heavy atom. The minimum absolute atomic E-state index is 0.0108. The Morgan fingerprint density at radius 2 is 1.68 bits per heavy atom. The summed E-state index contributed by atoms with van der Waals surface area (Å²) >= 11 is 1.52. The van der Waals surface area contributed by atoms with Crippen LogP contribution < -0.4 is 10.6 Å². The minimum atomic E-state index is -4.51. The summed E-state index contributed by atoms with van der Waals surface area (Å²) in [6.45, 7) is -0.804. The molecule has 0 unspecified atom stereocenters. The first-order chi connectivity index (χ1) is 17.8. The van der Waals surface area contributed by atoms with E-state index in [1.54, 1.807) is 0 Å². The number of carbonyl (C=O) groups excluding carboxylic acids is 2. The quantitative estimate of drug-likeness (QED) is 0.320. The average Bonchev–Trinajstić information content (AvgIpc) is 3.56. The number of benzene rings is 2. The van der Waals surface area contributed by atoms with Gasteiger partial charge in [-0.15, -0.1) is 5.10 Å². The second-order valence-corrected chi connectivity index (χ2v) is 8.71. The van der Waals surface area contributed by atoms with E-state index >= 15 is 0 Å². The van der Waals surface area contributed by atoms with Crippen LogP contribution in [-0.2, 0) is 24.5 Å². The van der Waals surface area contributed by atoms with E-state index in [1.807, 2.05) is 52.5 Å². The van der Waals surface area contributed by atoms with E-state index in [0.29, 0.717) is 24.5 Å². The molecule has 0 saturated heterocycles. The van der Waals surface area contributed by atoms with E-state index in [4.69, 9.17) is 4.74 Å². The molecule has 2 heterocycles. The van der Waals surface area contributed by atoms with Crippen LogP contribution >= 0.6 is 11.3 Å². The first kappa shape index (κ1) is 26.0. The predicted molar refractivity (Wildman–Crippen MR) is 130 cm³/mol. The van der Waals surface area contributed by atoms with Crippen LogP contribution in [0.2, 0.25) is 0 Å². The lowest BCUT2D eigenvalue weighted by Gasteiger charge is -2.11. The summed E-state index contributed by atoms with van der Waals surface area (Å²) in [7, 11) is 0. The third-order valence-corrected chi connectivity index (χ3v) is 5.92. The van der Waals surface area contributed by atoms with Gasteiger partial charge in [0.2, 0.25) is 0 Å². The Labute approximate surface area is 214 Å². The highest BCUT2D eigenvalue weighted by atomic mass is 32.1. The van der Waals surface area contributed by atoms with E-state index in [0.717, 1.165) is 11.1 Å². The van der Waals surface area contributed by atoms with Crippen molar-refractivity contribution in [3.05, 3.63) is 99.5 Å². The van der Waals surface area contributed by atoms with Crippen molar-refractivity contribution < 1.29 is 27.5 Å². The molecule has 0 atom stereocenters. The highest BCUT2D eigenvalue weighted by Gasteiger charge is 2.28. The van der Waals surface area contributed by atoms with Crippen LogP contribution in [0, 0.1) is 0 Å². The molecule has 0 aliphatic carbocycles. The topological polar surface area (TPSA) is 98.1 Å². The smallest absolute Gasteiger partial charge is 0.370 e. The van der Waals surface area contributed by atoms with Crippen molar-refractivity contribution in [3.8, 4) is 5.69 Å². The molecule has 0 aliphatic heterocycles. The number of carbonyl (C=O) groups is 2. The SMILES string of the molecule is O=C(NCC(F)(F)F)c1ccc(-n2nnc(C(=O)NCc3ccsc3)c2COCc2ccccc2)cc1. The molecule has 0 saturated carbocycles. The monoisotopic (exact) mass is 529 g/mol. The molecule has 0 radical (unpaired) electrons. The maximum atomic E-state index is 12.9. The van der Waals surface area contributed by atoms with Gasteiger partial charge >= 0.3 is 6.18 Å². The molecule has 192 valence electrons. The van der Waals surface area contributed by atoms with E-state index in [9.17, 15) is 22.8 Å². The van der Waals surface area contributed by atoms with Gasteiger partial charge in [0.05, 0.1) is 18.9 Å². The van der Waals surface area contributed by atoms with Crippen LogP contribution in [0.25, 0.3) is 5.69 Å². The zero-order valence-corrected chi connectivity index (χ0v) is 20.2. The first-order valence-corrected chi connectivity index (χ1v) is 12.1. The van der Waals surface area contributed by atoms with Crippen LogP contribution in [0.3, 0.4) is 0 Å². The van der Waals surface area contributed by atoms with Crippen LogP contribution in [-0.4, -0.2) is 39.5 Å². The Kier molecular flexibility index (Phi) is 8.31. The number of hydrogen-bond donors (Lipinski definition) is 2. The van der Waals surface area contributed by atoms with Crippen molar-refractivity contribution in [2.24, 2.45) is 0 Å². The number of thiophene rings is 1. The lowest BCUT2D eigenvalue weighted by Crippen LogP contribution is -2.33. The average molecular weight is 530 g/mol. The molecule has 8 nitrogen and oxygen atoms in total. The van der Waals surface area contributed by atoms with Crippen LogP contribution in [0.1, 0.15) is 37.7 Å². The van der Waals surface area contributed by atoms with Crippen molar-refractivity contribution >= 4 is 23.2 Å². The van der Waals surface area contributed by atoms with Gasteiger partial charge in [0.1, 0.15) is 12.2 Å². The summed E-state index contributed by atoms with van der Waals surface area (Å²) in [6, 6.07) is 17.1. The molecule has 0 aliphatic rings. The number of halogens is 3. The Bertz CT molecular complexity index is 1320. The van der Waals surface area contributed by atoms with Crippen LogP contribution in [0.4, 0.5) is 13.2 Å². The maximum absolute atomic E-state index is 12.9. The zero-order valence-electron chi connectivity index (χ0n) is 19.4. The summed E-state index contributed by atoms with van der Waals surface area (Å²) in [5.41, 5.74) is 2.85. The lowest BCUT2D eigenvalue weighted by molar-refractivity contribution is -0.123. The van der Waals surface area contributed by atoms with Gasteiger partial charge in [0.15, 0.2) is 5.69 Å². The van der Waals surface area contributed by atoms with Gasteiger partial charge in [-0.05, 0) is 52.2 Å². The van der Waals surface area contributed by atoms with E-state index in [1.165, 1.54) is 40.3 Å². The van der Waals surface area contributed by atoms with Gasteiger partial charge in [-0.3, -0.25) is 9.59 Å². The number of nitrogens with zero attached hydrogens (tertiary/aromatic N) is 3. The molecule has 0 bridgehead atoms. The molecule has 4 rings (SSSR count). The summed E-state index contributed by atoms with van der Waals surface area (Å²) in [5.74, 6) is -1.29. The third kappa shape index (κ3) is 7.24. The molecule has 12 heteroatoms. The number of hydrogen-bond acceptors (Lipinski definition) is 6. The Balaban J connectivity index is 1.52. The van der Waals surface area contributed by atoms with Crippen molar-refractivity contribution in [1.82, 2.24) is 25.6 Å². The molecule has 2 aromatic heterocycles. The fraction of sp³-hybridized carbons (Fsp3) is 0.200. The number of alkyl halides is 3. The van der Waals surface area contributed by atoms with Gasteiger partial charge in [0, 0.05) is 12.1 Å². The number of amides is 2. The summed E-state index contributed by atoms with van der Waals surface area (Å²) in [6.07, 6.45) is -4.51. The van der Waals surface area contributed by atoms with E-state index < -0.39 is 24.5 Å². The van der Waals surface area contributed by atoms with Crippen LogP contribution in [0.5, 0.6) is 0 Å². The minimum Gasteiger partial charge on any atom is -0.370 e. The van der Waals surface area contributed by atoms with Crippen molar-refractivity contribution in [1.29, 1.82) is 0 Å². The molecular weight excluding hydrogens is 507 g/mol. The number of ether oxygens (including phenoxy) is 1. The third-order valence-electron chi connectivity index (χ3n) is 5.19. The molecular formula is C25H22F3N5O3S. The summed E-state index contributed by atoms with van der Waals surface area (Å²) in [4.78, 5) is 24.9. The second kappa shape index (κ2) is 11.8. The standard InChI is InChI=1S/C25H22F3N5O3S/c26-25(27,28)16-30-23(34)19-6-8-20(9-7-19)33-21(14-36-13-17-4-2-1-3-5-17)22(31-32-33)24(35)29-12-18-10-11-37-15-18/h1-11,15H,12-14,16H2,(H,29,35)(H,30,34). The second-order valence-electron chi connectivity index (χ2n) is 7.93. The zero-order chi connectivity index (χ0) is 26.3. The highest BCUT2D eigenvalue weighted by Crippen LogP contribution is 2.18. The fourth-order valence-electron chi connectivity index (χ4n) is 3.35. The van der Waals surface area contributed by atoms with E-state index in [2.05, 4.69) is 15.6 Å². The number of rotatable bonds is 10. The van der Waals surface area contributed by atoms with Crippen molar-refractivity contribution in [3.63, 3.8) is 0 Å². The summed E-state index contributed by atoms with van der Waals surface area (Å²) in [5, 5.41) is 16.6. The fourth-order valence-corrected chi connectivity index (χ4v) is 4.02. The van der Waals surface area contributed by atoms with Crippen molar-refractivity contribution in [2.45, 2.75) is 25.9 Å². The van der Waals surface area contributed by atoms with Gasteiger partial charge in [-0.1, -0.05) is 35.5 Å². The first-order valence-electron chi connectivity index (χ1n) is 11.1. The van der Waals surface area contributed by atoms with E-state index in [-0.39, 0.29) is 17.9 Å². The predicted octanol–water partition coefficient (Wildman–Crippen LogP) is 4.27.